The third-order valence-electron chi connectivity index (χ3n) is 6.27. The van der Waals surface area contributed by atoms with Gasteiger partial charge in [-0.05, 0) is 48.5 Å². The third-order valence-corrected chi connectivity index (χ3v) is 6.27. The highest BCUT2D eigenvalue weighted by molar-refractivity contribution is 5.69. The van der Waals surface area contributed by atoms with Crippen LogP contribution >= 0.6 is 0 Å². The van der Waals surface area contributed by atoms with Crippen molar-refractivity contribution in [2.45, 2.75) is 120 Å². The minimum absolute atomic E-state index is 0.0640. The van der Waals surface area contributed by atoms with E-state index in [9.17, 15) is 4.79 Å². The molecule has 0 aliphatic heterocycles. The van der Waals surface area contributed by atoms with Crippen LogP contribution in [0.2, 0.25) is 0 Å². The molecule has 0 fully saturated rings. The summed E-state index contributed by atoms with van der Waals surface area (Å²) in [6.45, 7) is 23.5. The van der Waals surface area contributed by atoms with Gasteiger partial charge in [0.1, 0.15) is 6.10 Å². The number of carbonyl (C=O) groups excluding carboxylic acids is 1. The molecule has 0 amide bonds. The Labute approximate surface area is 170 Å². The monoisotopic (exact) mass is 383 g/mol. The molecule has 0 heterocycles. The Kier molecular flexibility index (Phi) is 10.1. The Hall–Kier alpha value is -0.570. The van der Waals surface area contributed by atoms with Gasteiger partial charge >= 0.3 is 5.97 Å². The Morgan fingerprint density at radius 2 is 1.33 bits per heavy atom. The van der Waals surface area contributed by atoms with E-state index in [0.717, 1.165) is 32.1 Å². The molecule has 162 valence electrons. The summed E-state index contributed by atoms with van der Waals surface area (Å²) in [6.07, 6.45) is 6.38. The lowest BCUT2D eigenvalue weighted by atomic mass is 9.65. The van der Waals surface area contributed by atoms with Crippen LogP contribution in [0.15, 0.2) is 0 Å². The van der Waals surface area contributed by atoms with E-state index >= 15 is 0 Å². The maximum atomic E-state index is 12.4. The highest BCUT2D eigenvalue weighted by Crippen LogP contribution is 2.46. The van der Waals surface area contributed by atoms with Crippen molar-refractivity contribution in [1.82, 2.24) is 0 Å². The highest BCUT2D eigenvalue weighted by atomic mass is 16.5. The van der Waals surface area contributed by atoms with Gasteiger partial charge in [-0.1, -0.05) is 82.1 Å². The van der Waals surface area contributed by atoms with Gasteiger partial charge in [-0.2, -0.15) is 0 Å². The minimum Gasteiger partial charge on any atom is -0.462 e. The fourth-order valence-corrected chi connectivity index (χ4v) is 4.41. The molecular weight excluding hydrogens is 334 g/mol. The summed E-state index contributed by atoms with van der Waals surface area (Å²) in [5.41, 5.74) is 6.16. The maximum Gasteiger partial charge on any atom is 0.306 e. The first-order valence-electron chi connectivity index (χ1n) is 11.0. The number of carbonyl (C=O) groups is 1. The van der Waals surface area contributed by atoms with Gasteiger partial charge in [0.25, 0.3) is 0 Å². The number of nitrogens with two attached hydrogens (primary N) is 1. The molecule has 27 heavy (non-hydrogen) atoms. The molecule has 0 rings (SSSR count). The summed E-state index contributed by atoms with van der Waals surface area (Å²) in [5.74, 6) is -0.0987. The summed E-state index contributed by atoms with van der Waals surface area (Å²) in [5, 5.41) is 0. The molecule has 0 aliphatic rings. The van der Waals surface area contributed by atoms with E-state index < -0.39 is 0 Å². The lowest BCUT2D eigenvalue weighted by Gasteiger charge is -2.44. The second-order valence-electron chi connectivity index (χ2n) is 11.6. The van der Waals surface area contributed by atoms with E-state index in [-0.39, 0.29) is 28.3 Å². The average molecular weight is 384 g/mol. The fourth-order valence-electron chi connectivity index (χ4n) is 4.41. The second kappa shape index (κ2) is 10.3. The molecule has 3 nitrogen and oxygen atoms in total. The van der Waals surface area contributed by atoms with E-state index in [1.54, 1.807) is 0 Å². The molecule has 1 atom stereocenters. The van der Waals surface area contributed by atoms with Crippen molar-refractivity contribution in [1.29, 1.82) is 0 Å². The zero-order valence-electron chi connectivity index (χ0n) is 20.1. The minimum atomic E-state index is -0.0987. The molecule has 0 bridgehead atoms. The molecule has 0 aliphatic carbocycles. The van der Waals surface area contributed by atoms with Gasteiger partial charge in [-0.15, -0.1) is 0 Å². The van der Waals surface area contributed by atoms with Crippen molar-refractivity contribution < 1.29 is 9.53 Å². The van der Waals surface area contributed by atoms with Gasteiger partial charge < -0.3 is 10.5 Å². The first-order chi connectivity index (χ1) is 12.1. The van der Waals surface area contributed by atoms with Gasteiger partial charge in [0, 0.05) is 11.8 Å². The molecule has 0 spiro atoms. The fraction of sp³-hybridized carbons (Fsp3) is 0.958. The summed E-state index contributed by atoms with van der Waals surface area (Å²) in [6, 6.07) is 0. The van der Waals surface area contributed by atoms with Crippen molar-refractivity contribution >= 4 is 5.97 Å². The quantitative estimate of drug-likeness (QED) is 0.359. The predicted octanol–water partition coefficient (Wildman–Crippen LogP) is 6.73. The van der Waals surface area contributed by atoms with Crippen LogP contribution in [-0.4, -0.2) is 18.6 Å². The van der Waals surface area contributed by atoms with Crippen LogP contribution in [0, 0.1) is 21.7 Å². The Morgan fingerprint density at radius 1 is 0.852 bits per heavy atom. The summed E-state index contributed by atoms with van der Waals surface area (Å²) >= 11 is 0. The largest absolute Gasteiger partial charge is 0.462 e. The Morgan fingerprint density at radius 3 is 1.78 bits per heavy atom. The Bertz CT molecular complexity index is 449. The van der Waals surface area contributed by atoms with Gasteiger partial charge in [0.15, 0.2) is 0 Å². The molecule has 0 aromatic rings. The summed E-state index contributed by atoms with van der Waals surface area (Å²) in [7, 11) is 0. The zero-order valence-corrected chi connectivity index (χ0v) is 20.1. The van der Waals surface area contributed by atoms with Crippen molar-refractivity contribution in [2.24, 2.45) is 27.4 Å². The number of hydrogen-bond donors (Lipinski definition) is 1. The van der Waals surface area contributed by atoms with Crippen LogP contribution in [0.4, 0.5) is 0 Å². The van der Waals surface area contributed by atoms with Crippen molar-refractivity contribution in [3.05, 3.63) is 0 Å². The molecule has 2 N–H and O–H groups in total. The van der Waals surface area contributed by atoms with E-state index in [2.05, 4.69) is 69.2 Å². The first-order valence-corrected chi connectivity index (χ1v) is 11.0. The number of esters is 1. The smallest absolute Gasteiger partial charge is 0.306 e. The van der Waals surface area contributed by atoms with Crippen molar-refractivity contribution in [3.63, 3.8) is 0 Å². The normalized spacial score (nSPS) is 14.9. The van der Waals surface area contributed by atoms with Crippen LogP contribution in [-0.2, 0) is 9.53 Å². The standard InChI is InChI=1S/C24H49NO2/c1-11-21(3,4)17-23(7,8)16-19(27-20(26)14-13-15-25)24(9,10)18-22(5,6)12-2/h19H,11-18,25H2,1-10H3. The van der Waals surface area contributed by atoms with Crippen molar-refractivity contribution in [3.8, 4) is 0 Å². The molecule has 0 aromatic heterocycles. The molecule has 3 heteroatoms. The molecule has 1 unspecified atom stereocenters. The molecule has 0 saturated heterocycles. The van der Waals surface area contributed by atoms with Crippen LogP contribution in [0.5, 0.6) is 0 Å². The average Bonchev–Trinajstić information content (AvgIpc) is 2.50. The molecule has 0 radical (unpaired) electrons. The third kappa shape index (κ3) is 10.5. The summed E-state index contributed by atoms with van der Waals surface area (Å²) < 4.78 is 6.10. The SMILES string of the molecule is CCC(C)(C)CC(C)(C)CC(OC(=O)CCCN)C(C)(C)CC(C)(C)CC. The second-order valence-corrected chi connectivity index (χ2v) is 11.6. The van der Waals surface area contributed by atoms with Gasteiger partial charge in [-0.25, -0.2) is 0 Å². The van der Waals surface area contributed by atoms with Crippen molar-refractivity contribution in [2.75, 3.05) is 6.54 Å². The van der Waals surface area contributed by atoms with E-state index in [4.69, 9.17) is 10.5 Å². The van der Waals surface area contributed by atoms with Gasteiger partial charge in [-0.3, -0.25) is 4.79 Å². The molecule has 0 aromatic carbocycles. The van der Waals surface area contributed by atoms with Crippen LogP contribution in [0.1, 0.15) is 114 Å². The van der Waals surface area contributed by atoms with Crippen LogP contribution in [0.3, 0.4) is 0 Å². The number of hydrogen-bond acceptors (Lipinski definition) is 3. The van der Waals surface area contributed by atoms with Gasteiger partial charge in [0.05, 0.1) is 0 Å². The zero-order chi connectivity index (χ0) is 21.5. The number of ether oxygens (including phenoxy) is 1. The number of rotatable bonds is 13. The predicted molar refractivity (Wildman–Crippen MR) is 118 cm³/mol. The lowest BCUT2D eigenvalue weighted by Crippen LogP contribution is -2.41. The lowest BCUT2D eigenvalue weighted by molar-refractivity contribution is -0.160. The maximum absolute atomic E-state index is 12.4. The van der Waals surface area contributed by atoms with E-state index in [1.807, 2.05) is 0 Å². The first kappa shape index (κ1) is 26.4. The summed E-state index contributed by atoms with van der Waals surface area (Å²) in [4.78, 5) is 12.4. The Balaban J connectivity index is 5.48. The molecule has 0 saturated carbocycles. The van der Waals surface area contributed by atoms with Gasteiger partial charge in [0.2, 0.25) is 0 Å². The van der Waals surface area contributed by atoms with Crippen LogP contribution < -0.4 is 5.73 Å². The highest BCUT2D eigenvalue weighted by Gasteiger charge is 2.41. The van der Waals surface area contributed by atoms with Crippen LogP contribution in [0.25, 0.3) is 0 Å². The topological polar surface area (TPSA) is 52.3 Å². The molecular formula is C24H49NO2. The van der Waals surface area contributed by atoms with E-state index in [1.165, 1.54) is 0 Å². The van der Waals surface area contributed by atoms with E-state index in [0.29, 0.717) is 24.8 Å².